The van der Waals surface area contributed by atoms with Crippen LogP contribution in [0.5, 0.6) is 0 Å². The lowest BCUT2D eigenvalue weighted by Gasteiger charge is -2.32. The van der Waals surface area contributed by atoms with Gasteiger partial charge in [0.15, 0.2) is 5.13 Å². The quantitative estimate of drug-likeness (QED) is 0.845. The molecule has 0 bridgehead atoms. The minimum absolute atomic E-state index is 0.0342. The lowest BCUT2D eigenvalue weighted by Crippen LogP contribution is -2.43. The fourth-order valence-corrected chi connectivity index (χ4v) is 3.31. The van der Waals surface area contributed by atoms with Crippen molar-refractivity contribution in [1.82, 2.24) is 15.2 Å². The second-order valence-electron chi connectivity index (χ2n) is 6.06. The summed E-state index contributed by atoms with van der Waals surface area (Å²) in [6, 6.07) is 0.378. The Morgan fingerprint density at radius 3 is 2.81 bits per heavy atom. The molecule has 118 valence electrons. The van der Waals surface area contributed by atoms with Crippen LogP contribution < -0.4 is 10.6 Å². The minimum Gasteiger partial charge on any atom is -0.317 e. The van der Waals surface area contributed by atoms with E-state index in [1.807, 2.05) is 12.3 Å². The number of rotatable bonds is 6. The van der Waals surface area contributed by atoms with Crippen LogP contribution in [0.3, 0.4) is 0 Å². The van der Waals surface area contributed by atoms with Crippen molar-refractivity contribution in [3.05, 3.63) is 11.1 Å². The molecule has 6 heteroatoms. The van der Waals surface area contributed by atoms with Crippen molar-refractivity contribution in [3.8, 4) is 0 Å². The summed E-state index contributed by atoms with van der Waals surface area (Å²) < 4.78 is 0. The molecule has 0 spiro atoms. The van der Waals surface area contributed by atoms with Gasteiger partial charge in [0.1, 0.15) is 0 Å². The van der Waals surface area contributed by atoms with Gasteiger partial charge < -0.3 is 10.6 Å². The smallest absolute Gasteiger partial charge is 0.240 e. The summed E-state index contributed by atoms with van der Waals surface area (Å²) >= 11 is 1.48. The average Bonchev–Trinajstić information content (AvgIpc) is 2.84. The SMILES string of the molecule is Cc1csc(NC(=O)CN(CC2CCNCC2)C(C)C)n1. The van der Waals surface area contributed by atoms with Crippen molar-refractivity contribution >= 4 is 22.4 Å². The van der Waals surface area contributed by atoms with Gasteiger partial charge in [-0.1, -0.05) is 0 Å². The number of carbonyl (C=O) groups is 1. The van der Waals surface area contributed by atoms with E-state index in [2.05, 4.69) is 34.4 Å². The summed E-state index contributed by atoms with van der Waals surface area (Å²) in [5.74, 6) is 0.732. The van der Waals surface area contributed by atoms with E-state index in [1.165, 1.54) is 24.2 Å². The first-order chi connectivity index (χ1) is 10.0. The monoisotopic (exact) mass is 310 g/mol. The van der Waals surface area contributed by atoms with Crippen molar-refractivity contribution in [2.45, 2.75) is 39.7 Å². The molecule has 1 aliphatic rings. The molecule has 0 atom stereocenters. The van der Waals surface area contributed by atoms with E-state index < -0.39 is 0 Å². The Kier molecular flexibility index (Phi) is 6.14. The second-order valence-corrected chi connectivity index (χ2v) is 6.92. The molecule has 0 radical (unpaired) electrons. The maximum atomic E-state index is 12.2. The highest BCUT2D eigenvalue weighted by Gasteiger charge is 2.21. The maximum absolute atomic E-state index is 12.2. The third-order valence-corrected chi connectivity index (χ3v) is 4.77. The summed E-state index contributed by atoms with van der Waals surface area (Å²) in [6.45, 7) is 9.89. The Morgan fingerprint density at radius 1 is 1.52 bits per heavy atom. The van der Waals surface area contributed by atoms with Crippen molar-refractivity contribution < 1.29 is 4.79 Å². The summed E-state index contributed by atoms with van der Waals surface area (Å²) in [6.07, 6.45) is 2.41. The first-order valence-electron chi connectivity index (χ1n) is 7.71. The van der Waals surface area contributed by atoms with Gasteiger partial charge in [-0.15, -0.1) is 11.3 Å². The number of aromatic nitrogens is 1. The molecule has 21 heavy (non-hydrogen) atoms. The molecule has 2 rings (SSSR count). The molecule has 1 amide bonds. The molecule has 0 saturated carbocycles. The van der Waals surface area contributed by atoms with Crippen LogP contribution in [-0.2, 0) is 4.79 Å². The highest BCUT2D eigenvalue weighted by Crippen LogP contribution is 2.16. The molecular formula is C15H26N4OS. The highest BCUT2D eigenvalue weighted by atomic mass is 32.1. The number of nitrogens with zero attached hydrogens (tertiary/aromatic N) is 2. The summed E-state index contributed by atoms with van der Waals surface area (Å²) in [4.78, 5) is 18.7. The van der Waals surface area contributed by atoms with Crippen LogP contribution in [0, 0.1) is 12.8 Å². The van der Waals surface area contributed by atoms with E-state index in [0.717, 1.165) is 25.3 Å². The number of nitrogens with one attached hydrogen (secondary N) is 2. The second kappa shape index (κ2) is 7.87. The summed E-state index contributed by atoms with van der Waals surface area (Å²) in [5, 5.41) is 8.93. The molecule has 0 aromatic carbocycles. The van der Waals surface area contributed by atoms with Crippen LogP contribution in [0.2, 0.25) is 0 Å². The van der Waals surface area contributed by atoms with Crippen LogP contribution >= 0.6 is 11.3 Å². The zero-order valence-electron chi connectivity index (χ0n) is 13.2. The third kappa shape index (κ3) is 5.37. The number of anilines is 1. The molecule has 5 nitrogen and oxygen atoms in total. The lowest BCUT2D eigenvalue weighted by molar-refractivity contribution is -0.117. The van der Waals surface area contributed by atoms with E-state index in [-0.39, 0.29) is 5.91 Å². The predicted octanol–water partition coefficient (Wildman–Crippen LogP) is 2.10. The minimum atomic E-state index is 0.0342. The van der Waals surface area contributed by atoms with Gasteiger partial charge >= 0.3 is 0 Å². The van der Waals surface area contributed by atoms with E-state index in [9.17, 15) is 4.79 Å². The molecule has 1 saturated heterocycles. The number of hydrogen-bond acceptors (Lipinski definition) is 5. The summed E-state index contributed by atoms with van der Waals surface area (Å²) in [7, 11) is 0. The van der Waals surface area contributed by atoms with E-state index in [4.69, 9.17) is 0 Å². The Labute approximate surface area is 131 Å². The van der Waals surface area contributed by atoms with Crippen LogP contribution in [0.25, 0.3) is 0 Å². The van der Waals surface area contributed by atoms with Crippen LogP contribution in [-0.4, -0.2) is 48.0 Å². The van der Waals surface area contributed by atoms with Crippen LogP contribution in [0.1, 0.15) is 32.4 Å². The van der Waals surface area contributed by atoms with E-state index in [1.54, 1.807) is 0 Å². The van der Waals surface area contributed by atoms with Gasteiger partial charge in [-0.3, -0.25) is 9.69 Å². The fourth-order valence-electron chi connectivity index (χ4n) is 2.61. The van der Waals surface area contributed by atoms with Crippen molar-refractivity contribution in [1.29, 1.82) is 0 Å². The number of carbonyl (C=O) groups excluding carboxylic acids is 1. The summed E-state index contributed by atoms with van der Waals surface area (Å²) in [5.41, 5.74) is 0.950. The Balaban J connectivity index is 1.84. The third-order valence-electron chi connectivity index (χ3n) is 3.89. The van der Waals surface area contributed by atoms with Crippen LogP contribution in [0.4, 0.5) is 5.13 Å². The molecule has 1 aliphatic heterocycles. The molecule has 0 aliphatic carbocycles. The number of amides is 1. The van der Waals surface area contributed by atoms with Crippen molar-refractivity contribution in [2.24, 2.45) is 5.92 Å². The zero-order valence-corrected chi connectivity index (χ0v) is 14.0. The maximum Gasteiger partial charge on any atom is 0.240 e. The number of piperidine rings is 1. The first-order valence-corrected chi connectivity index (χ1v) is 8.59. The van der Waals surface area contributed by atoms with E-state index in [0.29, 0.717) is 23.6 Å². The molecule has 2 heterocycles. The van der Waals surface area contributed by atoms with Gasteiger partial charge in [0.2, 0.25) is 5.91 Å². The Morgan fingerprint density at radius 2 is 2.24 bits per heavy atom. The zero-order chi connectivity index (χ0) is 15.2. The predicted molar refractivity (Wildman–Crippen MR) is 87.8 cm³/mol. The number of thiazole rings is 1. The Bertz CT molecular complexity index is 454. The molecule has 1 aromatic heterocycles. The fraction of sp³-hybridized carbons (Fsp3) is 0.733. The van der Waals surface area contributed by atoms with Gasteiger partial charge in [0.25, 0.3) is 0 Å². The van der Waals surface area contributed by atoms with Crippen LogP contribution in [0.15, 0.2) is 5.38 Å². The largest absolute Gasteiger partial charge is 0.317 e. The number of hydrogen-bond donors (Lipinski definition) is 2. The topological polar surface area (TPSA) is 57.3 Å². The van der Waals surface area contributed by atoms with Gasteiger partial charge in [0, 0.05) is 18.0 Å². The molecule has 1 aromatic rings. The van der Waals surface area contributed by atoms with Gasteiger partial charge in [-0.2, -0.15) is 0 Å². The first kappa shape index (κ1) is 16.4. The van der Waals surface area contributed by atoms with E-state index >= 15 is 0 Å². The number of aryl methyl sites for hydroxylation is 1. The average molecular weight is 310 g/mol. The highest BCUT2D eigenvalue weighted by molar-refractivity contribution is 7.13. The molecule has 0 unspecified atom stereocenters. The van der Waals surface area contributed by atoms with Crippen molar-refractivity contribution in [3.63, 3.8) is 0 Å². The van der Waals surface area contributed by atoms with Gasteiger partial charge in [0.05, 0.1) is 12.2 Å². The molecule has 1 fully saturated rings. The standard InChI is InChI=1S/C15H26N4OS/c1-11(2)19(8-13-4-6-16-7-5-13)9-14(20)18-15-17-12(3)10-21-15/h10-11,13,16H,4-9H2,1-3H3,(H,17,18,20). The molecule has 2 N–H and O–H groups in total. The normalized spacial score (nSPS) is 16.6. The molecular weight excluding hydrogens is 284 g/mol. The lowest BCUT2D eigenvalue weighted by atomic mass is 9.97. The van der Waals surface area contributed by atoms with Crippen molar-refractivity contribution in [2.75, 3.05) is 31.5 Å². The van der Waals surface area contributed by atoms with Gasteiger partial charge in [-0.05, 0) is 52.6 Å². The Hall–Kier alpha value is -0.980. The van der Waals surface area contributed by atoms with Gasteiger partial charge in [-0.25, -0.2) is 4.98 Å².